The van der Waals surface area contributed by atoms with Crippen LogP contribution >= 0.6 is 11.6 Å². The highest BCUT2D eigenvalue weighted by Crippen LogP contribution is 2.35. The van der Waals surface area contributed by atoms with Gasteiger partial charge in [0, 0.05) is 55.5 Å². The molecule has 4 rings (SSSR count). The van der Waals surface area contributed by atoms with Crippen molar-refractivity contribution in [2.75, 3.05) is 13.1 Å². The number of hydrogen-bond acceptors (Lipinski definition) is 4. The zero-order valence-electron chi connectivity index (χ0n) is 15.8. The SMILES string of the molecule is O=C(NCc1c(F)cc(F)cc1F)C1=CN2C(=C(O)C1)C(=O)N1CCC[C@@H](Cl)[C@H]2C1. The van der Waals surface area contributed by atoms with Crippen LogP contribution in [0.1, 0.15) is 24.8 Å². The summed E-state index contributed by atoms with van der Waals surface area (Å²) < 4.78 is 40.6. The van der Waals surface area contributed by atoms with E-state index in [1.54, 1.807) is 4.90 Å². The van der Waals surface area contributed by atoms with Gasteiger partial charge in [-0.3, -0.25) is 9.59 Å². The van der Waals surface area contributed by atoms with Gasteiger partial charge in [0.15, 0.2) is 0 Å². The van der Waals surface area contributed by atoms with Gasteiger partial charge in [-0.1, -0.05) is 0 Å². The van der Waals surface area contributed by atoms with Crippen molar-refractivity contribution in [2.45, 2.75) is 37.2 Å². The molecule has 3 heterocycles. The summed E-state index contributed by atoms with van der Waals surface area (Å²) in [5, 5.41) is 12.6. The summed E-state index contributed by atoms with van der Waals surface area (Å²) in [6.45, 7) is 0.427. The Balaban J connectivity index is 1.55. The number of allylic oxidation sites excluding steroid dienone is 1. The fraction of sp³-hybridized carbons (Fsp3) is 0.400. The van der Waals surface area contributed by atoms with Gasteiger partial charge in [-0.15, -0.1) is 11.6 Å². The monoisotopic (exact) mass is 441 g/mol. The molecular formula is C20H19ClF3N3O3. The van der Waals surface area contributed by atoms with Crippen molar-refractivity contribution in [3.63, 3.8) is 0 Å². The molecule has 3 aliphatic rings. The third-order valence-electron chi connectivity index (χ3n) is 5.59. The number of fused-ring (bicyclic) bond motifs is 4. The number of hydrogen-bond donors (Lipinski definition) is 2. The van der Waals surface area contributed by atoms with Crippen LogP contribution in [0.15, 0.2) is 35.4 Å². The molecule has 1 aromatic rings. The minimum atomic E-state index is -1.11. The van der Waals surface area contributed by atoms with E-state index in [0.29, 0.717) is 31.6 Å². The van der Waals surface area contributed by atoms with Gasteiger partial charge in [0.25, 0.3) is 5.91 Å². The zero-order chi connectivity index (χ0) is 21.6. The molecule has 10 heteroatoms. The van der Waals surface area contributed by atoms with Gasteiger partial charge >= 0.3 is 0 Å². The number of piperazine rings is 1. The smallest absolute Gasteiger partial charge is 0.274 e. The Hall–Kier alpha value is -2.68. The van der Waals surface area contributed by atoms with Crippen molar-refractivity contribution in [1.29, 1.82) is 0 Å². The lowest BCUT2D eigenvalue weighted by atomic mass is 9.99. The lowest BCUT2D eigenvalue weighted by Crippen LogP contribution is -2.55. The summed E-state index contributed by atoms with van der Waals surface area (Å²) in [7, 11) is 0. The Morgan fingerprint density at radius 1 is 1.27 bits per heavy atom. The van der Waals surface area contributed by atoms with Gasteiger partial charge < -0.3 is 20.2 Å². The largest absolute Gasteiger partial charge is 0.510 e. The summed E-state index contributed by atoms with van der Waals surface area (Å²) in [5.74, 6) is -4.52. The molecule has 30 heavy (non-hydrogen) atoms. The van der Waals surface area contributed by atoms with Gasteiger partial charge in [0.2, 0.25) is 5.91 Å². The molecule has 2 N–H and O–H groups in total. The van der Waals surface area contributed by atoms with E-state index in [0.717, 1.165) is 6.42 Å². The highest BCUT2D eigenvalue weighted by Gasteiger charge is 2.44. The summed E-state index contributed by atoms with van der Waals surface area (Å²) in [6, 6.07) is 0.755. The van der Waals surface area contributed by atoms with E-state index >= 15 is 0 Å². The number of amides is 2. The Kier molecular flexibility index (Phi) is 5.40. The van der Waals surface area contributed by atoms with E-state index in [9.17, 15) is 27.9 Å². The summed E-state index contributed by atoms with van der Waals surface area (Å²) >= 11 is 6.49. The third kappa shape index (κ3) is 3.62. The first kappa shape index (κ1) is 20.6. The topological polar surface area (TPSA) is 72.9 Å². The van der Waals surface area contributed by atoms with Crippen LogP contribution in [0.2, 0.25) is 0 Å². The maximum atomic E-state index is 13.8. The molecule has 0 aromatic heterocycles. The summed E-state index contributed by atoms with van der Waals surface area (Å²) in [5.41, 5.74) is -0.255. The van der Waals surface area contributed by atoms with Crippen molar-refractivity contribution in [3.05, 3.63) is 58.4 Å². The molecule has 2 atom stereocenters. The fourth-order valence-electron chi connectivity index (χ4n) is 4.05. The molecular weight excluding hydrogens is 423 g/mol. The maximum Gasteiger partial charge on any atom is 0.274 e. The molecule has 6 nitrogen and oxygen atoms in total. The quantitative estimate of drug-likeness (QED) is 0.707. The molecule has 2 saturated heterocycles. The van der Waals surface area contributed by atoms with Crippen molar-refractivity contribution in [3.8, 4) is 0 Å². The second-order valence-corrected chi connectivity index (χ2v) is 8.10. The number of carbonyl (C=O) groups excluding carboxylic acids is 2. The van der Waals surface area contributed by atoms with E-state index < -0.39 is 35.5 Å². The Morgan fingerprint density at radius 3 is 2.67 bits per heavy atom. The first-order valence-electron chi connectivity index (χ1n) is 9.52. The second kappa shape index (κ2) is 7.86. The molecule has 1 aromatic carbocycles. The van der Waals surface area contributed by atoms with Crippen LogP contribution in [0, 0.1) is 17.5 Å². The van der Waals surface area contributed by atoms with Gasteiger partial charge in [-0.05, 0) is 12.8 Å². The molecule has 0 saturated carbocycles. The normalized spacial score (nSPS) is 23.7. The first-order chi connectivity index (χ1) is 14.3. The number of aliphatic hydroxyl groups is 1. The maximum absolute atomic E-state index is 13.8. The van der Waals surface area contributed by atoms with Crippen molar-refractivity contribution >= 4 is 23.4 Å². The highest BCUT2D eigenvalue weighted by atomic mass is 35.5. The van der Waals surface area contributed by atoms with Crippen molar-refractivity contribution in [2.24, 2.45) is 0 Å². The molecule has 0 radical (unpaired) electrons. The lowest BCUT2D eigenvalue weighted by Gasteiger charge is -2.43. The third-order valence-corrected chi connectivity index (χ3v) is 6.10. The van der Waals surface area contributed by atoms with E-state index in [1.165, 1.54) is 11.1 Å². The van der Waals surface area contributed by atoms with E-state index in [-0.39, 0.29) is 40.8 Å². The molecule has 0 unspecified atom stereocenters. The van der Waals surface area contributed by atoms with E-state index in [2.05, 4.69) is 5.32 Å². The summed E-state index contributed by atoms with van der Waals surface area (Å²) in [4.78, 5) is 28.5. The molecule has 160 valence electrons. The highest BCUT2D eigenvalue weighted by molar-refractivity contribution is 6.21. The van der Waals surface area contributed by atoms with Crippen LogP contribution < -0.4 is 5.32 Å². The summed E-state index contributed by atoms with van der Waals surface area (Å²) in [6.07, 6.45) is 2.68. The molecule has 3 aliphatic heterocycles. The Morgan fingerprint density at radius 2 is 1.97 bits per heavy atom. The number of carbonyl (C=O) groups is 2. The van der Waals surface area contributed by atoms with Gasteiger partial charge in [-0.25, -0.2) is 13.2 Å². The van der Waals surface area contributed by atoms with Crippen LogP contribution in [0.25, 0.3) is 0 Å². The van der Waals surface area contributed by atoms with Crippen LogP contribution in [0.3, 0.4) is 0 Å². The van der Waals surface area contributed by atoms with Gasteiger partial charge in [-0.2, -0.15) is 0 Å². The van der Waals surface area contributed by atoms with Gasteiger partial charge in [0.1, 0.15) is 28.9 Å². The van der Waals surface area contributed by atoms with Crippen molar-refractivity contribution < 1.29 is 27.9 Å². The van der Waals surface area contributed by atoms with E-state index in [1.807, 2.05) is 0 Å². The molecule has 0 spiro atoms. The molecule has 2 bridgehead atoms. The fourth-order valence-corrected chi connectivity index (χ4v) is 4.40. The Labute approximate surface area is 175 Å². The zero-order valence-corrected chi connectivity index (χ0v) is 16.6. The number of alkyl halides is 1. The Bertz CT molecular complexity index is 958. The average molecular weight is 442 g/mol. The number of nitrogens with zero attached hydrogens (tertiary/aromatic N) is 2. The first-order valence-corrected chi connectivity index (χ1v) is 9.96. The minimum Gasteiger partial charge on any atom is -0.510 e. The molecule has 2 fully saturated rings. The number of aliphatic hydroxyl groups excluding tert-OH is 1. The predicted octanol–water partition coefficient (Wildman–Crippen LogP) is 2.69. The molecule has 2 amide bonds. The van der Waals surface area contributed by atoms with Gasteiger partial charge in [0.05, 0.1) is 11.4 Å². The number of nitrogens with one attached hydrogen (secondary N) is 1. The second-order valence-electron chi connectivity index (χ2n) is 7.54. The van der Waals surface area contributed by atoms with E-state index in [4.69, 9.17) is 11.6 Å². The van der Waals surface area contributed by atoms with Crippen molar-refractivity contribution in [1.82, 2.24) is 15.1 Å². The lowest BCUT2D eigenvalue weighted by molar-refractivity contribution is -0.132. The number of rotatable bonds is 3. The number of halogens is 4. The van der Waals surface area contributed by atoms with Crippen LogP contribution in [0.4, 0.5) is 13.2 Å². The van der Waals surface area contributed by atoms with Crippen LogP contribution in [-0.2, 0) is 16.1 Å². The predicted molar refractivity (Wildman–Crippen MR) is 102 cm³/mol. The van der Waals surface area contributed by atoms with Crippen LogP contribution in [0.5, 0.6) is 0 Å². The minimum absolute atomic E-state index is 0.103. The standard InChI is InChI=1S/C20H19ClF3N3O3/c21-13-2-1-3-26-9-16(13)27-8-10(4-17(28)18(27)20(26)30)19(29)25-7-12-14(23)5-11(22)6-15(12)24/h5-6,8,13,16,28H,1-4,7,9H2,(H,25,29)/t13-,16-/m1/s1. The average Bonchev–Trinajstić information content (AvgIpc) is 2.84. The van der Waals surface area contributed by atoms with Crippen LogP contribution in [-0.4, -0.2) is 51.2 Å². The molecule has 0 aliphatic carbocycles. The number of benzene rings is 1.